The molecule has 0 saturated carbocycles. The normalized spacial score (nSPS) is 10.1. The molecule has 0 spiro atoms. The summed E-state index contributed by atoms with van der Waals surface area (Å²) in [6.45, 7) is 8.64. The third-order valence-electron chi connectivity index (χ3n) is 2.46. The average Bonchev–Trinajstić information content (AvgIpc) is 2.25. The van der Waals surface area contributed by atoms with E-state index in [0.717, 1.165) is 12.8 Å². The lowest BCUT2D eigenvalue weighted by atomic mass is 10.0. The van der Waals surface area contributed by atoms with Crippen molar-refractivity contribution in [2.75, 3.05) is 11.9 Å². The molecule has 0 aliphatic rings. The number of benzene rings is 1. The minimum Gasteiger partial charge on any atom is -0.380 e. The Morgan fingerprint density at radius 2 is 1.80 bits per heavy atom. The fourth-order valence-electron chi connectivity index (χ4n) is 1.65. The van der Waals surface area contributed by atoms with Gasteiger partial charge in [0.2, 0.25) is 0 Å². The fourth-order valence-corrected chi connectivity index (χ4v) is 1.72. The molecule has 15 heavy (non-hydrogen) atoms. The largest absolute Gasteiger partial charge is 0.380 e. The number of hydrogen-bond donors (Lipinski definition) is 1. The zero-order valence-corrected chi connectivity index (χ0v) is 10.2. The number of rotatable bonds is 5. The Balaban J connectivity index is 2.94. The molecule has 0 aliphatic carbocycles. The van der Waals surface area contributed by atoms with Gasteiger partial charge < -0.3 is 5.32 Å². The van der Waals surface area contributed by atoms with Gasteiger partial charge in [-0.1, -0.05) is 50.2 Å². The van der Waals surface area contributed by atoms with Crippen molar-refractivity contribution < 1.29 is 0 Å². The third-order valence-corrected chi connectivity index (χ3v) is 2.59. The zero-order valence-electron chi connectivity index (χ0n) is 9.44. The Morgan fingerprint density at radius 1 is 1.27 bits per heavy atom. The first-order chi connectivity index (χ1) is 7.19. The predicted molar refractivity (Wildman–Crippen MR) is 68.7 cm³/mol. The first kappa shape index (κ1) is 12.1. The summed E-state index contributed by atoms with van der Waals surface area (Å²) in [7, 11) is 0. The van der Waals surface area contributed by atoms with E-state index in [4.69, 9.17) is 11.6 Å². The van der Waals surface area contributed by atoms with Crippen LogP contribution in [0, 0.1) is 0 Å². The van der Waals surface area contributed by atoms with Crippen LogP contribution in [0.5, 0.6) is 0 Å². The number of para-hydroxylation sites is 1. The second-order valence-electron chi connectivity index (χ2n) is 3.53. The van der Waals surface area contributed by atoms with Gasteiger partial charge in [0.25, 0.3) is 0 Å². The molecule has 0 heterocycles. The van der Waals surface area contributed by atoms with E-state index in [9.17, 15) is 0 Å². The van der Waals surface area contributed by atoms with Crippen LogP contribution >= 0.6 is 11.6 Å². The molecular formula is C13H18ClN. The maximum absolute atomic E-state index is 5.76. The van der Waals surface area contributed by atoms with Crippen LogP contribution in [0.1, 0.15) is 25.0 Å². The van der Waals surface area contributed by atoms with Crippen LogP contribution < -0.4 is 5.32 Å². The molecule has 0 bridgehead atoms. The molecule has 82 valence electrons. The van der Waals surface area contributed by atoms with E-state index in [-0.39, 0.29) is 0 Å². The van der Waals surface area contributed by atoms with Gasteiger partial charge in [0, 0.05) is 10.7 Å². The van der Waals surface area contributed by atoms with Gasteiger partial charge in [-0.25, -0.2) is 0 Å². The van der Waals surface area contributed by atoms with Crippen molar-refractivity contribution in [1.29, 1.82) is 0 Å². The van der Waals surface area contributed by atoms with E-state index < -0.39 is 0 Å². The molecular weight excluding hydrogens is 206 g/mol. The SMILES string of the molecule is C=C(Cl)CNc1c(CC)cccc1CC. The second-order valence-corrected chi connectivity index (χ2v) is 4.06. The molecule has 1 N–H and O–H groups in total. The number of halogens is 1. The molecule has 0 unspecified atom stereocenters. The Kier molecular flexibility index (Phi) is 4.70. The van der Waals surface area contributed by atoms with Crippen LogP contribution in [-0.4, -0.2) is 6.54 Å². The number of aryl methyl sites for hydroxylation is 2. The molecule has 2 heteroatoms. The van der Waals surface area contributed by atoms with Crippen LogP contribution in [0.4, 0.5) is 5.69 Å². The van der Waals surface area contributed by atoms with Crippen LogP contribution in [0.2, 0.25) is 0 Å². The number of anilines is 1. The van der Waals surface area contributed by atoms with Crippen LogP contribution in [-0.2, 0) is 12.8 Å². The van der Waals surface area contributed by atoms with Gasteiger partial charge in [0.15, 0.2) is 0 Å². The molecule has 1 rings (SSSR count). The molecule has 1 aromatic rings. The lowest BCUT2D eigenvalue weighted by Crippen LogP contribution is -2.06. The summed E-state index contributed by atoms with van der Waals surface area (Å²) >= 11 is 5.76. The van der Waals surface area contributed by atoms with E-state index in [1.807, 2.05) is 0 Å². The van der Waals surface area contributed by atoms with Gasteiger partial charge in [-0.15, -0.1) is 0 Å². The first-order valence-corrected chi connectivity index (χ1v) is 5.74. The second kappa shape index (κ2) is 5.82. The van der Waals surface area contributed by atoms with E-state index in [1.54, 1.807) is 0 Å². The predicted octanol–water partition coefficient (Wildman–Crippen LogP) is 3.98. The minimum absolute atomic E-state index is 0.631. The Labute approximate surface area is 97.1 Å². The van der Waals surface area contributed by atoms with Crippen LogP contribution in [0.3, 0.4) is 0 Å². The van der Waals surface area contributed by atoms with Gasteiger partial charge in [0.05, 0.1) is 6.54 Å². The summed E-state index contributed by atoms with van der Waals surface area (Å²) in [4.78, 5) is 0. The highest BCUT2D eigenvalue weighted by Gasteiger charge is 2.05. The van der Waals surface area contributed by atoms with Gasteiger partial charge in [0.1, 0.15) is 0 Å². The molecule has 0 atom stereocenters. The topological polar surface area (TPSA) is 12.0 Å². The summed E-state index contributed by atoms with van der Waals surface area (Å²) in [6, 6.07) is 6.41. The maximum Gasteiger partial charge on any atom is 0.0502 e. The van der Waals surface area contributed by atoms with Gasteiger partial charge >= 0.3 is 0 Å². The van der Waals surface area contributed by atoms with Gasteiger partial charge in [-0.2, -0.15) is 0 Å². The van der Waals surface area contributed by atoms with Crippen molar-refractivity contribution in [3.8, 4) is 0 Å². The van der Waals surface area contributed by atoms with Gasteiger partial charge in [-0.05, 0) is 24.0 Å². The molecule has 0 fully saturated rings. The Bertz CT molecular complexity index is 322. The number of nitrogens with one attached hydrogen (secondary N) is 1. The summed E-state index contributed by atoms with van der Waals surface area (Å²) in [5.74, 6) is 0. The summed E-state index contributed by atoms with van der Waals surface area (Å²) < 4.78 is 0. The quantitative estimate of drug-likeness (QED) is 0.797. The molecule has 0 radical (unpaired) electrons. The average molecular weight is 224 g/mol. The van der Waals surface area contributed by atoms with Crippen molar-refractivity contribution in [3.05, 3.63) is 40.9 Å². The zero-order chi connectivity index (χ0) is 11.3. The van der Waals surface area contributed by atoms with Crippen molar-refractivity contribution >= 4 is 17.3 Å². The summed E-state index contributed by atoms with van der Waals surface area (Å²) in [6.07, 6.45) is 2.07. The monoisotopic (exact) mass is 223 g/mol. The van der Waals surface area contributed by atoms with Crippen LogP contribution in [0.15, 0.2) is 29.8 Å². The fraction of sp³-hybridized carbons (Fsp3) is 0.385. The number of hydrogen-bond acceptors (Lipinski definition) is 1. The van der Waals surface area contributed by atoms with E-state index in [2.05, 4.69) is 43.9 Å². The molecule has 0 amide bonds. The van der Waals surface area contributed by atoms with Crippen molar-refractivity contribution in [2.24, 2.45) is 0 Å². The summed E-state index contributed by atoms with van der Waals surface area (Å²) in [5, 5.41) is 3.99. The Hall–Kier alpha value is -0.950. The van der Waals surface area contributed by atoms with E-state index in [0.29, 0.717) is 11.6 Å². The van der Waals surface area contributed by atoms with Gasteiger partial charge in [-0.3, -0.25) is 0 Å². The third kappa shape index (κ3) is 3.28. The standard InChI is InChI=1S/C13H18ClN/c1-4-11-7-6-8-12(5-2)13(11)15-9-10(3)14/h6-8,15H,3-5,9H2,1-2H3. The molecule has 0 aliphatic heterocycles. The smallest absolute Gasteiger partial charge is 0.0502 e. The van der Waals surface area contributed by atoms with Crippen molar-refractivity contribution in [1.82, 2.24) is 0 Å². The highest BCUT2D eigenvalue weighted by molar-refractivity contribution is 6.29. The van der Waals surface area contributed by atoms with Crippen molar-refractivity contribution in [2.45, 2.75) is 26.7 Å². The minimum atomic E-state index is 0.631. The lowest BCUT2D eigenvalue weighted by Gasteiger charge is -2.14. The van der Waals surface area contributed by atoms with Crippen LogP contribution in [0.25, 0.3) is 0 Å². The molecule has 1 aromatic carbocycles. The Morgan fingerprint density at radius 3 is 2.20 bits per heavy atom. The lowest BCUT2D eigenvalue weighted by molar-refractivity contribution is 1.07. The highest BCUT2D eigenvalue weighted by atomic mass is 35.5. The van der Waals surface area contributed by atoms with E-state index >= 15 is 0 Å². The molecule has 0 aromatic heterocycles. The maximum atomic E-state index is 5.76. The van der Waals surface area contributed by atoms with Crippen molar-refractivity contribution in [3.63, 3.8) is 0 Å². The van der Waals surface area contributed by atoms with E-state index in [1.165, 1.54) is 16.8 Å². The highest BCUT2D eigenvalue weighted by Crippen LogP contribution is 2.22. The summed E-state index contributed by atoms with van der Waals surface area (Å²) in [5.41, 5.74) is 3.91. The molecule has 0 saturated heterocycles. The molecule has 1 nitrogen and oxygen atoms in total. The first-order valence-electron chi connectivity index (χ1n) is 5.36.